The first-order chi connectivity index (χ1) is 22.7. The molecule has 0 saturated heterocycles. The second kappa shape index (κ2) is 15.4. The van der Waals surface area contributed by atoms with Crippen LogP contribution in [0.5, 0.6) is 11.5 Å². The number of carbonyl (C=O) groups excluding carboxylic acids is 2. The second-order valence-corrected chi connectivity index (χ2v) is 14.6. The van der Waals surface area contributed by atoms with Crippen LogP contribution in [0.2, 0.25) is 0 Å². The Morgan fingerprint density at radius 3 is 2.04 bits per heavy atom. The van der Waals surface area contributed by atoms with Crippen molar-refractivity contribution in [2.45, 2.75) is 64.1 Å². The van der Waals surface area contributed by atoms with E-state index in [4.69, 9.17) is 9.47 Å². The molecule has 0 fully saturated rings. The van der Waals surface area contributed by atoms with Gasteiger partial charge < -0.3 is 19.7 Å². The zero-order valence-corrected chi connectivity index (χ0v) is 29.5. The lowest BCUT2D eigenvalue weighted by Gasteiger charge is -2.35. The molecule has 1 N–H and O–H groups in total. The average Bonchev–Trinajstić information content (AvgIpc) is 3.05. The maximum atomic E-state index is 14.7. The van der Waals surface area contributed by atoms with Gasteiger partial charge in [-0.1, -0.05) is 72.3 Å². The normalized spacial score (nSPS) is 12.1. The van der Waals surface area contributed by atoms with E-state index in [9.17, 15) is 18.0 Å². The van der Waals surface area contributed by atoms with Gasteiger partial charge in [-0.15, -0.1) is 0 Å². The highest BCUT2D eigenvalue weighted by Gasteiger charge is 2.36. The van der Waals surface area contributed by atoms with Gasteiger partial charge in [0.25, 0.3) is 10.0 Å². The van der Waals surface area contributed by atoms with Crippen LogP contribution in [0.3, 0.4) is 0 Å². The quantitative estimate of drug-likeness (QED) is 0.185. The highest BCUT2D eigenvalue weighted by Crippen LogP contribution is 2.34. The molecule has 0 saturated carbocycles. The van der Waals surface area contributed by atoms with Gasteiger partial charge in [0, 0.05) is 24.6 Å². The summed E-state index contributed by atoms with van der Waals surface area (Å²) in [6.07, 6.45) is 0.224. The zero-order valence-electron chi connectivity index (χ0n) is 28.7. The minimum Gasteiger partial charge on any atom is -0.493 e. The number of methoxy groups -OCH3 is 2. The van der Waals surface area contributed by atoms with Gasteiger partial charge >= 0.3 is 0 Å². The smallest absolute Gasteiger partial charge is 0.264 e. The number of sulfonamides is 1. The lowest BCUT2D eigenvalue weighted by atomic mass is 10.00. The van der Waals surface area contributed by atoms with Gasteiger partial charge in [-0.25, -0.2) is 8.42 Å². The molecule has 0 aliphatic heterocycles. The number of amides is 2. The fourth-order valence-electron chi connectivity index (χ4n) is 5.32. The van der Waals surface area contributed by atoms with Crippen molar-refractivity contribution in [1.29, 1.82) is 0 Å². The molecule has 0 aliphatic rings. The van der Waals surface area contributed by atoms with Crippen molar-refractivity contribution in [1.82, 2.24) is 10.2 Å². The number of nitrogens with one attached hydrogen (secondary N) is 1. The molecule has 4 aromatic rings. The maximum absolute atomic E-state index is 14.7. The van der Waals surface area contributed by atoms with Gasteiger partial charge in [0.1, 0.15) is 12.6 Å². The molecule has 1 atom stereocenters. The zero-order chi connectivity index (χ0) is 35.1. The Balaban J connectivity index is 1.87. The minimum absolute atomic E-state index is 0.0208. The van der Waals surface area contributed by atoms with Gasteiger partial charge in [0.05, 0.1) is 24.8 Å². The molecule has 10 heteroatoms. The first kappa shape index (κ1) is 36.0. The number of nitrogens with zero attached hydrogens (tertiary/aromatic N) is 2. The standard InChI is InChI=1S/C38H45N3O6S/c1-27-17-20-32(21-18-27)48(44,45)41(31-19-22-34(46-6)35(24-31)47-7)26-36(42)40(25-30-16-12-11-13-28(30)2)33(37(43)39-38(3,4)5)23-29-14-9-8-10-15-29/h8-22,24,33H,23,25-26H2,1-7H3,(H,39,43)/t33-/m0/s1. The summed E-state index contributed by atoms with van der Waals surface area (Å²) in [5.74, 6) is -0.181. The van der Waals surface area contributed by atoms with E-state index in [1.54, 1.807) is 24.3 Å². The number of anilines is 1. The summed E-state index contributed by atoms with van der Waals surface area (Å²) in [5, 5.41) is 3.05. The topological polar surface area (TPSA) is 105 Å². The molecule has 0 aliphatic carbocycles. The number of hydrogen-bond donors (Lipinski definition) is 1. The van der Waals surface area contributed by atoms with E-state index in [1.165, 1.54) is 37.3 Å². The second-order valence-electron chi connectivity index (χ2n) is 12.8. The summed E-state index contributed by atoms with van der Waals surface area (Å²) in [6, 6.07) is 27.3. The lowest BCUT2D eigenvalue weighted by Crippen LogP contribution is -2.56. The molecule has 9 nitrogen and oxygen atoms in total. The summed E-state index contributed by atoms with van der Waals surface area (Å²) in [6.45, 7) is 8.96. The molecule has 0 aromatic heterocycles. The summed E-state index contributed by atoms with van der Waals surface area (Å²) < 4.78 is 40.7. The van der Waals surface area contributed by atoms with E-state index < -0.39 is 34.1 Å². The van der Waals surface area contributed by atoms with Gasteiger partial charge in [-0.05, 0) is 75.6 Å². The van der Waals surface area contributed by atoms with Crippen molar-refractivity contribution in [2.75, 3.05) is 25.1 Å². The average molecular weight is 672 g/mol. The molecule has 0 radical (unpaired) electrons. The van der Waals surface area contributed by atoms with Gasteiger partial charge in [0.2, 0.25) is 11.8 Å². The number of carbonyl (C=O) groups is 2. The largest absolute Gasteiger partial charge is 0.493 e. The summed E-state index contributed by atoms with van der Waals surface area (Å²) in [7, 11) is -1.33. The first-order valence-electron chi connectivity index (χ1n) is 15.7. The summed E-state index contributed by atoms with van der Waals surface area (Å²) in [4.78, 5) is 30.3. The Morgan fingerprint density at radius 2 is 1.44 bits per heavy atom. The minimum atomic E-state index is -4.27. The van der Waals surface area contributed by atoms with Crippen LogP contribution in [0.4, 0.5) is 5.69 Å². The van der Waals surface area contributed by atoms with Crippen LogP contribution < -0.4 is 19.1 Å². The van der Waals surface area contributed by atoms with E-state index in [1.807, 2.05) is 89.2 Å². The van der Waals surface area contributed by atoms with Gasteiger partial charge in [0.15, 0.2) is 11.5 Å². The number of hydrogen-bond acceptors (Lipinski definition) is 6. The highest BCUT2D eigenvalue weighted by molar-refractivity contribution is 7.92. The molecule has 4 aromatic carbocycles. The van der Waals surface area contributed by atoms with Crippen LogP contribution in [-0.2, 0) is 32.6 Å². The van der Waals surface area contributed by atoms with Crippen molar-refractivity contribution in [3.8, 4) is 11.5 Å². The van der Waals surface area contributed by atoms with Crippen LogP contribution in [0.25, 0.3) is 0 Å². The van der Waals surface area contributed by atoms with Gasteiger partial charge in [-0.3, -0.25) is 13.9 Å². The van der Waals surface area contributed by atoms with E-state index in [0.717, 1.165) is 26.6 Å². The molecule has 48 heavy (non-hydrogen) atoms. The van der Waals surface area contributed by atoms with Crippen LogP contribution in [0.15, 0.2) is 102 Å². The molecule has 0 bridgehead atoms. The Labute approximate surface area is 284 Å². The summed E-state index contributed by atoms with van der Waals surface area (Å²) in [5.41, 5.74) is 3.15. The first-order valence-corrected chi connectivity index (χ1v) is 17.2. The van der Waals surface area contributed by atoms with E-state index in [2.05, 4.69) is 5.32 Å². The molecule has 4 rings (SSSR count). The van der Waals surface area contributed by atoms with Crippen molar-refractivity contribution < 1.29 is 27.5 Å². The molecule has 0 unspecified atom stereocenters. The number of ether oxygens (including phenoxy) is 2. The Hall–Kier alpha value is -4.83. The van der Waals surface area contributed by atoms with Crippen molar-refractivity contribution in [2.24, 2.45) is 0 Å². The van der Waals surface area contributed by atoms with Gasteiger partial charge in [-0.2, -0.15) is 0 Å². The third-order valence-corrected chi connectivity index (χ3v) is 9.70. The monoisotopic (exact) mass is 671 g/mol. The molecule has 0 spiro atoms. The molecular weight excluding hydrogens is 627 g/mol. The van der Waals surface area contributed by atoms with Crippen LogP contribution in [0, 0.1) is 13.8 Å². The fraction of sp³-hybridized carbons (Fsp3) is 0.316. The molecule has 254 valence electrons. The Bertz CT molecular complexity index is 1820. The number of aryl methyl sites for hydroxylation is 2. The number of rotatable bonds is 13. The van der Waals surface area contributed by atoms with Crippen molar-refractivity contribution in [3.05, 3.63) is 119 Å². The maximum Gasteiger partial charge on any atom is 0.264 e. The van der Waals surface area contributed by atoms with Crippen LogP contribution >= 0.6 is 0 Å². The highest BCUT2D eigenvalue weighted by atomic mass is 32.2. The predicted molar refractivity (Wildman–Crippen MR) is 189 cm³/mol. The Kier molecular flexibility index (Phi) is 11.5. The number of benzene rings is 4. The lowest BCUT2D eigenvalue weighted by molar-refractivity contribution is -0.140. The van der Waals surface area contributed by atoms with Crippen LogP contribution in [0.1, 0.15) is 43.0 Å². The SMILES string of the molecule is COc1ccc(N(CC(=O)N(Cc2ccccc2C)[C@@H](Cc2ccccc2)C(=O)NC(C)(C)C)S(=O)(=O)c2ccc(C)cc2)cc1OC. The molecule has 2 amide bonds. The fourth-order valence-corrected chi connectivity index (χ4v) is 6.73. The molecule has 0 heterocycles. The molecular formula is C38H45N3O6S. The van der Waals surface area contributed by atoms with E-state index in [-0.39, 0.29) is 29.5 Å². The Morgan fingerprint density at radius 1 is 0.812 bits per heavy atom. The third-order valence-electron chi connectivity index (χ3n) is 7.91. The summed E-state index contributed by atoms with van der Waals surface area (Å²) >= 11 is 0. The van der Waals surface area contributed by atoms with E-state index in [0.29, 0.717) is 11.5 Å². The van der Waals surface area contributed by atoms with Crippen molar-refractivity contribution in [3.63, 3.8) is 0 Å². The third kappa shape index (κ3) is 8.95. The van der Waals surface area contributed by atoms with Crippen LogP contribution in [-0.4, -0.2) is 57.5 Å². The van der Waals surface area contributed by atoms with Crippen molar-refractivity contribution >= 4 is 27.5 Å². The predicted octanol–water partition coefficient (Wildman–Crippen LogP) is 6.07. The van der Waals surface area contributed by atoms with E-state index >= 15 is 0 Å².